The van der Waals surface area contributed by atoms with Crippen LogP contribution in [0.5, 0.6) is 0 Å². The SMILES string of the molecule is CCc1cnc(CCNC(=NCC(=O)N(C)C)NCC(C)C)s1. The molecule has 0 aliphatic carbocycles. The van der Waals surface area contributed by atoms with E-state index in [9.17, 15) is 4.79 Å². The largest absolute Gasteiger partial charge is 0.356 e. The van der Waals surface area contributed by atoms with E-state index in [1.54, 1.807) is 30.3 Å². The number of rotatable bonds is 8. The molecule has 1 rings (SSSR count). The molecule has 0 saturated carbocycles. The van der Waals surface area contributed by atoms with E-state index in [1.807, 2.05) is 6.20 Å². The maximum atomic E-state index is 11.7. The number of amides is 1. The summed E-state index contributed by atoms with van der Waals surface area (Å²) in [6.07, 6.45) is 3.83. The van der Waals surface area contributed by atoms with Crippen molar-refractivity contribution in [1.29, 1.82) is 0 Å². The lowest BCUT2D eigenvalue weighted by Crippen LogP contribution is -2.41. The molecule has 23 heavy (non-hydrogen) atoms. The van der Waals surface area contributed by atoms with E-state index in [0.29, 0.717) is 11.9 Å². The molecule has 7 heteroatoms. The summed E-state index contributed by atoms with van der Waals surface area (Å²) in [4.78, 5) is 23.3. The van der Waals surface area contributed by atoms with Gasteiger partial charge in [-0.05, 0) is 12.3 Å². The van der Waals surface area contributed by atoms with Crippen molar-refractivity contribution in [2.75, 3.05) is 33.7 Å². The molecule has 0 unspecified atom stereocenters. The van der Waals surface area contributed by atoms with Crippen LogP contribution in [0.15, 0.2) is 11.2 Å². The van der Waals surface area contributed by atoms with Gasteiger partial charge in [0.25, 0.3) is 0 Å². The van der Waals surface area contributed by atoms with Crippen molar-refractivity contribution in [2.45, 2.75) is 33.6 Å². The van der Waals surface area contributed by atoms with Crippen LogP contribution in [0.2, 0.25) is 0 Å². The molecule has 0 atom stereocenters. The van der Waals surface area contributed by atoms with Crippen LogP contribution in [0.4, 0.5) is 0 Å². The van der Waals surface area contributed by atoms with Crippen LogP contribution in [0.3, 0.4) is 0 Å². The van der Waals surface area contributed by atoms with Crippen molar-refractivity contribution in [3.63, 3.8) is 0 Å². The molecule has 0 saturated heterocycles. The van der Waals surface area contributed by atoms with E-state index in [1.165, 1.54) is 4.88 Å². The Kier molecular flexibility index (Phi) is 8.61. The number of hydrogen-bond acceptors (Lipinski definition) is 4. The van der Waals surface area contributed by atoms with Gasteiger partial charge in [0, 0.05) is 44.7 Å². The van der Waals surface area contributed by atoms with Crippen LogP contribution in [0, 0.1) is 5.92 Å². The zero-order valence-electron chi connectivity index (χ0n) is 14.8. The highest BCUT2D eigenvalue weighted by Gasteiger charge is 2.06. The van der Waals surface area contributed by atoms with Crippen molar-refractivity contribution in [1.82, 2.24) is 20.5 Å². The molecule has 0 aliphatic heterocycles. The molecular weight excluding hydrogens is 310 g/mol. The zero-order valence-corrected chi connectivity index (χ0v) is 15.7. The molecule has 6 nitrogen and oxygen atoms in total. The summed E-state index contributed by atoms with van der Waals surface area (Å²) in [5.41, 5.74) is 0. The van der Waals surface area contributed by atoms with Crippen LogP contribution in [0.25, 0.3) is 0 Å². The van der Waals surface area contributed by atoms with Crippen LogP contribution < -0.4 is 10.6 Å². The van der Waals surface area contributed by atoms with Crippen LogP contribution in [-0.4, -0.2) is 55.5 Å². The molecular formula is C16H29N5OS. The molecule has 1 amide bonds. The Hall–Kier alpha value is -1.63. The Morgan fingerprint density at radius 3 is 2.70 bits per heavy atom. The van der Waals surface area contributed by atoms with Gasteiger partial charge in [-0.3, -0.25) is 4.79 Å². The van der Waals surface area contributed by atoms with Crippen LogP contribution in [0.1, 0.15) is 30.7 Å². The summed E-state index contributed by atoms with van der Waals surface area (Å²) in [5, 5.41) is 7.67. The Labute approximate surface area is 143 Å². The Morgan fingerprint density at radius 1 is 1.39 bits per heavy atom. The minimum absolute atomic E-state index is 0.0110. The van der Waals surface area contributed by atoms with Gasteiger partial charge in [0.15, 0.2) is 5.96 Å². The van der Waals surface area contributed by atoms with Gasteiger partial charge in [0.2, 0.25) is 5.91 Å². The van der Waals surface area contributed by atoms with Gasteiger partial charge in [-0.2, -0.15) is 0 Å². The number of aryl methyl sites for hydroxylation is 1. The molecule has 130 valence electrons. The fraction of sp³-hybridized carbons (Fsp3) is 0.688. The van der Waals surface area contributed by atoms with Gasteiger partial charge >= 0.3 is 0 Å². The van der Waals surface area contributed by atoms with E-state index in [0.717, 1.165) is 30.9 Å². The second-order valence-corrected chi connectivity index (χ2v) is 7.18. The first kappa shape index (κ1) is 19.4. The Bertz CT molecular complexity index is 510. The maximum Gasteiger partial charge on any atom is 0.243 e. The van der Waals surface area contributed by atoms with Crippen molar-refractivity contribution >= 4 is 23.2 Å². The summed E-state index contributed by atoms with van der Waals surface area (Å²) >= 11 is 1.75. The second-order valence-electron chi connectivity index (χ2n) is 5.98. The maximum absolute atomic E-state index is 11.7. The van der Waals surface area contributed by atoms with E-state index in [4.69, 9.17) is 0 Å². The van der Waals surface area contributed by atoms with Crippen LogP contribution in [-0.2, 0) is 17.6 Å². The highest BCUT2D eigenvalue weighted by atomic mass is 32.1. The second kappa shape index (κ2) is 10.2. The summed E-state index contributed by atoms with van der Waals surface area (Å²) < 4.78 is 0. The molecule has 0 fully saturated rings. The number of carbonyl (C=O) groups is 1. The molecule has 1 aromatic heterocycles. The average Bonchev–Trinajstić information content (AvgIpc) is 2.96. The Morgan fingerprint density at radius 2 is 2.13 bits per heavy atom. The highest BCUT2D eigenvalue weighted by molar-refractivity contribution is 7.11. The van der Waals surface area contributed by atoms with E-state index >= 15 is 0 Å². The third kappa shape index (κ3) is 7.97. The summed E-state index contributed by atoms with van der Waals surface area (Å²) in [7, 11) is 3.47. The number of carbonyl (C=O) groups excluding carboxylic acids is 1. The van der Waals surface area contributed by atoms with E-state index in [2.05, 4.69) is 41.4 Å². The lowest BCUT2D eigenvalue weighted by atomic mass is 10.2. The van der Waals surface area contributed by atoms with Crippen molar-refractivity contribution in [3.05, 3.63) is 16.1 Å². The normalized spacial score (nSPS) is 11.7. The molecule has 0 spiro atoms. The predicted octanol–water partition coefficient (Wildman–Crippen LogP) is 1.53. The first-order valence-corrected chi connectivity index (χ1v) is 8.90. The number of nitrogens with one attached hydrogen (secondary N) is 2. The monoisotopic (exact) mass is 339 g/mol. The van der Waals surface area contributed by atoms with Gasteiger partial charge in [-0.15, -0.1) is 11.3 Å². The molecule has 2 N–H and O–H groups in total. The molecule has 1 heterocycles. The molecule has 1 aromatic rings. The van der Waals surface area contributed by atoms with Crippen molar-refractivity contribution in [3.8, 4) is 0 Å². The number of aliphatic imine (C=N–C) groups is 1. The van der Waals surface area contributed by atoms with Gasteiger partial charge in [-0.1, -0.05) is 20.8 Å². The zero-order chi connectivity index (χ0) is 17.2. The quantitative estimate of drug-likeness (QED) is 0.557. The lowest BCUT2D eigenvalue weighted by molar-refractivity contribution is -0.127. The summed E-state index contributed by atoms with van der Waals surface area (Å²) in [5.74, 6) is 1.18. The lowest BCUT2D eigenvalue weighted by Gasteiger charge is -2.14. The minimum Gasteiger partial charge on any atom is -0.356 e. The van der Waals surface area contributed by atoms with Gasteiger partial charge in [-0.25, -0.2) is 9.98 Å². The average molecular weight is 340 g/mol. The third-order valence-corrected chi connectivity index (χ3v) is 4.33. The number of hydrogen-bond donors (Lipinski definition) is 2. The minimum atomic E-state index is -0.0110. The molecule has 0 aliphatic rings. The number of likely N-dealkylation sites (N-methyl/N-ethyl adjacent to an activating group) is 1. The highest BCUT2D eigenvalue weighted by Crippen LogP contribution is 2.13. The number of nitrogens with zero attached hydrogens (tertiary/aromatic N) is 3. The fourth-order valence-electron chi connectivity index (χ4n) is 1.68. The number of aromatic nitrogens is 1. The smallest absolute Gasteiger partial charge is 0.243 e. The van der Waals surface area contributed by atoms with Gasteiger partial charge in [0.05, 0.1) is 5.01 Å². The topological polar surface area (TPSA) is 69.6 Å². The first-order chi connectivity index (χ1) is 10.9. The van der Waals surface area contributed by atoms with Crippen LogP contribution >= 0.6 is 11.3 Å². The summed E-state index contributed by atoms with van der Waals surface area (Å²) in [6.45, 7) is 8.13. The third-order valence-electron chi connectivity index (χ3n) is 3.13. The molecule has 0 aromatic carbocycles. The molecule has 0 bridgehead atoms. The van der Waals surface area contributed by atoms with Crippen molar-refractivity contribution in [2.24, 2.45) is 10.9 Å². The fourth-order valence-corrected chi connectivity index (χ4v) is 2.54. The Balaban J connectivity index is 2.50. The van der Waals surface area contributed by atoms with E-state index in [-0.39, 0.29) is 12.5 Å². The predicted molar refractivity (Wildman–Crippen MR) is 97.0 cm³/mol. The van der Waals surface area contributed by atoms with Gasteiger partial charge in [0.1, 0.15) is 6.54 Å². The standard InChI is InChI=1S/C16H29N5OS/c1-6-13-10-18-14(23-13)7-8-17-16(19-9-12(2)3)20-11-15(22)21(4)5/h10,12H,6-9,11H2,1-5H3,(H2,17,19,20). The first-order valence-electron chi connectivity index (χ1n) is 8.08. The van der Waals surface area contributed by atoms with Crippen molar-refractivity contribution < 1.29 is 4.79 Å². The number of thiazole rings is 1. The summed E-state index contributed by atoms with van der Waals surface area (Å²) in [6, 6.07) is 0. The van der Waals surface area contributed by atoms with Gasteiger partial charge < -0.3 is 15.5 Å². The molecule has 0 radical (unpaired) electrons. The van der Waals surface area contributed by atoms with E-state index < -0.39 is 0 Å². The number of guanidine groups is 1.